The summed E-state index contributed by atoms with van der Waals surface area (Å²) in [5, 5.41) is 3.62. The molecule has 4 rings (SSSR count). The number of carbonyl (C=O) groups is 1. The van der Waals surface area contributed by atoms with Gasteiger partial charge in [-0.05, 0) is 31.2 Å². The van der Waals surface area contributed by atoms with Gasteiger partial charge in [0, 0.05) is 22.5 Å². The maximum Gasteiger partial charge on any atom is 0.259 e. The van der Waals surface area contributed by atoms with Crippen molar-refractivity contribution in [1.29, 1.82) is 0 Å². The number of nitrogens with one attached hydrogen (secondary N) is 2. The predicted octanol–water partition coefficient (Wildman–Crippen LogP) is 4.21. The third-order valence-corrected chi connectivity index (χ3v) is 7.35. The first kappa shape index (κ1) is 22.0. The molecule has 3 aromatic heterocycles. The minimum Gasteiger partial charge on any atom is -0.323 e. The van der Waals surface area contributed by atoms with E-state index in [1.54, 1.807) is 35.5 Å². The number of hydrogen-bond donors (Lipinski definition) is 2. The molecule has 0 saturated carbocycles. The van der Waals surface area contributed by atoms with Crippen LogP contribution in [-0.2, 0) is 28.8 Å². The Morgan fingerprint density at radius 3 is 2.71 bits per heavy atom. The molecule has 7 nitrogen and oxygen atoms in total. The van der Waals surface area contributed by atoms with Gasteiger partial charge in [-0.1, -0.05) is 20.8 Å². The van der Waals surface area contributed by atoms with Crippen LogP contribution in [0, 0.1) is 0 Å². The van der Waals surface area contributed by atoms with Crippen LogP contribution in [0.4, 0.5) is 5.69 Å². The zero-order chi connectivity index (χ0) is 22.0. The van der Waals surface area contributed by atoms with Crippen molar-refractivity contribution in [2.45, 2.75) is 64.0 Å². The molecule has 0 atom stereocenters. The fraction of sp³-hybridized carbons (Fsp3) is 0.500. The highest BCUT2D eigenvalue weighted by molar-refractivity contribution is 7.98. The van der Waals surface area contributed by atoms with E-state index in [2.05, 4.69) is 25.3 Å². The summed E-state index contributed by atoms with van der Waals surface area (Å²) >= 11 is 3.24. The van der Waals surface area contributed by atoms with Crippen molar-refractivity contribution >= 4 is 44.9 Å². The van der Waals surface area contributed by atoms with Gasteiger partial charge in [0.2, 0.25) is 5.91 Å². The summed E-state index contributed by atoms with van der Waals surface area (Å²) < 4.78 is 0. The fourth-order valence-corrected chi connectivity index (χ4v) is 5.70. The van der Waals surface area contributed by atoms with Gasteiger partial charge in [-0.3, -0.25) is 9.59 Å². The van der Waals surface area contributed by atoms with Gasteiger partial charge >= 0.3 is 0 Å². The van der Waals surface area contributed by atoms with Crippen LogP contribution in [0.25, 0.3) is 10.2 Å². The number of H-pyrrole nitrogens is 1. The van der Waals surface area contributed by atoms with Gasteiger partial charge in [-0.25, -0.2) is 15.0 Å². The summed E-state index contributed by atoms with van der Waals surface area (Å²) in [6, 6.07) is 0. The van der Waals surface area contributed by atoms with E-state index >= 15 is 0 Å². The number of aryl methyl sites for hydroxylation is 2. The Hall–Kier alpha value is -2.26. The maximum atomic E-state index is 12.6. The van der Waals surface area contributed by atoms with E-state index in [4.69, 9.17) is 0 Å². The topological polar surface area (TPSA) is 101 Å². The molecule has 0 saturated heterocycles. The Bertz CT molecular complexity index is 1150. The molecule has 3 aromatic rings. The van der Waals surface area contributed by atoms with Crippen molar-refractivity contribution in [2.75, 3.05) is 11.1 Å². The van der Waals surface area contributed by atoms with Crippen LogP contribution in [0.15, 0.2) is 17.2 Å². The van der Waals surface area contributed by atoms with Crippen molar-refractivity contribution in [3.8, 4) is 0 Å². The number of amides is 1. The molecule has 1 aliphatic carbocycles. The third-order valence-electron chi connectivity index (χ3n) is 5.19. The zero-order valence-electron chi connectivity index (χ0n) is 18.1. The molecule has 1 aliphatic rings. The molecule has 9 heteroatoms. The van der Waals surface area contributed by atoms with E-state index in [1.807, 2.05) is 20.8 Å². The fourth-order valence-electron chi connectivity index (χ4n) is 3.61. The third kappa shape index (κ3) is 5.15. The summed E-state index contributed by atoms with van der Waals surface area (Å²) in [6.07, 6.45) is 8.02. The number of thioether (sulfide) groups is 1. The van der Waals surface area contributed by atoms with Crippen LogP contribution in [0.3, 0.4) is 0 Å². The van der Waals surface area contributed by atoms with Crippen molar-refractivity contribution in [3.63, 3.8) is 0 Å². The average molecular weight is 458 g/mol. The standard InChI is InChI=1S/C22H27N5O2S2/c1-22(2,3)21-23-10-13(11-24-21)25-17(28)8-9-30-12-16-26-19(29)18-14-6-4-5-7-15(14)31-20(18)27-16/h10-11H,4-9,12H2,1-3H3,(H,25,28)(H,26,27,29). The second-order valence-electron chi connectivity index (χ2n) is 8.80. The number of aromatic nitrogens is 4. The highest BCUT2D eigenvalue weighted by Crippen LogP contribution is 2.33. The zero-order valence-corrected chi connectivity index (χ0v) is 19.7. The van der Waals surface area contributed by atoms with Gasteiger partial charge < -0.3 is 10.3 Å². The number of fused-ring (bicyclic) bond motifs is 3. The summed E-state index contributed by atoms with van der Waals surface area (Å²) in [7, 11) is 0. The molecule has 0 unspecified atom stereocenters. The molecule has 31 heavy (non-hydrogen) atoms. The first-order valence-electron chi connectivity index (χ1n) is 10.5. The Balaban J connectivity index is 1.29. The minimum absolute atomic E-state index is 0.0311. The molecular weight excluding hydrogens is 430 g/mol. The molecule has 0 bridgehead atoms. The van der Waals surface area contributed by atoms with E-state index in [0.717, 1.165) is 35.3 Å². The van der Waals surface area contributed by atoms with E-state index in [1.165, 1.54) is 16.9 Å². The number of thiophene rings is 1. The predicted molar refractivity (Wildman–Crippen MR) is 127 cm³/mol. The maximum absolute atomic E-state index is 12.6. The minimum atomic E-state index is -0.125. The monoisotopic (exact) mass is 457 g/mol. The van der Waals surface area contributed by atoms with Crippen LogP contribution in [0.1, 0.15) is 62.1 Å². The Morgan fingerprint density at radius 1 is 1.23 bits per heavy atom. The van der Waals surface area contributed by atoms with Crippen molar-refractivity contribution in [2.24, 2.45) is 0 Å². The van der Waals surface area contributed by atoms with E-state index in [-0.39, 0.29) is 16.9 Å². The number of nitrogens with zero attached hydrogens (tertiary/aromatic N) is 3. The molecule has 0 aliphatic heterocycles. The van der Waals surface area contributed by atoms with Crippen LogP contribution in [0.5, 0.6) is 0 Å². The summed E-state index contributed by atoms with van der Waals surface area (Å²) in [4.78, 5) is 43.2. The van der Waals surface area contributed by atoms with Gasteiger partial charge in [0.05, 0.1) is 29.2 Å². The van der Waals surface area contributed by atoms with Crippen molar-refractivity contribution in [3.05, 3.63) is 44.8 Å². The van der Waals surface area contributed by atoms with Gasteiger partial charge in [0.1, 0.15) is 16.5 Å². The van der Waals surface area contributed by atoms with Crippen molar-refractivity contribution in [1.82, 2.24) is 19.9 Å². The molecule has 1 amide bonds. The van der Waals surface area contributed by atoms with Gasteiger partial charge in [0.15, 0.2) is 0 Å². The van der Waals surface area contributed by atoms with Crippen LogP contribution < -0.4 is 10.9 Å². The molecule has 0 aromatic carbocycles. The molecular formula is C22H27N5O2S2. The number of anilines is 1. The quantitative estimate of drug-likeness (QED) is 0.538. The largest absolute Gasteiger partial charge is 0.323 e. The van der Waals surface area contributed by atoms with Gasteiger partial charge in [0.25, 0.3) is 5.56 Å². The highest BCUT2D eigenvalue weighted by atomic mass is 32.2. The van der Waals surface area contributed by atoms with E-state index in [9.17, 15) is 9.59 Å². The number of rotatable bonds is 6. The Morgan fingerprint density at radius 2 is 1.97 bits per heavy atom. The Kier molecular flexibility index (Phi) is 6.43. The molecule has 0 fully saturated rings. The second-order valence-corrected chi connectivity index (χ2v) is 11.0. The molecule has 164 valence electrons. The summed E-state index contributed by atoms with van der Waals surface area (Å²) in [6.45, 7) is 6.14. The normalized spacial score (nSPS) is 13.9. The summed E-state index contributed by atoms with van der Waals surface area (Å²) in [5.41, 5.74) is 1.65. The highest BCUT2D eigenvalue weighted by Gasteiger charge is 2.20. The second kappa shape index (κ2) is 9.08. The number of hydrogen-bond acceptors (Lipinski definition) is 7. The molecule has 3 heterocycles. The van der Waals surface area contributed by atoms with Gasteiger partial charge in [-0.2, -0.15) is 11.8 Å². The van der Waals surface area contributed by atoms with Crippen LogP contribution in [0.2, 0.25) is 0 Å². The smallest absolute Gasteiger partial charge is 0.259 e. The van der Waals surface area contributed by atoms with E-state index < -0.39 is 0 Å². The molecule has 0 spiro atoms. The van der Waals surface area contributed by atoms with Crippen LogP contribution in [-0.4, -0.2) is 31.6 Å². The lowest BCUT2D eigenvalue weighted by Gasteiger charge is -2.16. The number of carbonyl (C=O) groups excluding carboxylic acids is 1. The number of aromatic amines is 1. The van der Waals surface area contributed by atoms with E-state index in [0.29, 0.717) is 29.4 Å². The lowest BCUT2D eigenvalue weighted by Crippen LogP contribution is -2.17. The van der Waals surface area contributed by atoms with Crippen molar-refractivity contribution < 1.29 is 4.79 Å². The van der Waals surface area contributed by atoms with Crippen LogP contribution >= 0.6 is 23.1 Å². The first-order chi connectivity index (χ1) is 14.8. The lowest BCUT2D eigenvalue weighted by molar-refractivity contribution is -0.115. The lowest BCUT2D eigenvalue weighted by atomic mass is 9.96. The SMILES string of the molecule is CC(C)(C)c1ncc(NC(=O)CCSCc2nc3sc4c(c3c(=O)[nH]2)CCCC4)cn1. The molecule has 2 N–H and O–H groups in total. The Labute approximate surface area is 189 Å². The average Bonchev–Trinajstić information content (AvgIpc) is 3.10. The first-order valence-corrected chi connectivity index (χ1v) is 12.5. The summed E-state index contributed by atoms with van der Waals surface area (Å²) in [5.74, 6) is 2.54. The van der Waals surface area contributed by atoms with Gasteiger partial charge in [-0.15, -0.1) is 11.3 Å². The molecule has 0 radical (unpaired) electrons.